The van der Waals surface area contributed by atoms with Crippen molar-refractivity contribution in [3.63, 3.8) is 0 Å². The molecule has 4 rings (SSSR count). The van der Waals surface area contributed by atoms with Gasteiger partial charge in [-0.3, -0.25) is 0 Å². The zero-order chi connectivity index (χ0) is 11.4. The molecule has 1 nitrogen and oxygen atoms in total. The lowest BCUT2D eigenvalue weighted by atomic mass is 9.73. The molecule has 0 unspecified atom stereocenters. The summed E-state index contributed by atoms with van der Waals surface area (Å²) in [4.78, 5) is 0. The Kier molecular flexibility index (Phi) is 1.94. The van der Waals surface area contributed by atoms with Crippen LogP contribution in [0.25, 0.3) is 0 Å². The van der Waals surface area contributed by atoms with Crippen molar-refractivity contribution in [2.24, 2.45) is 23.7 Å². The highest BCUT2D eigenvalue weighted by atomic mass is 16.3. The third kappa shape index (κ3) is 1.31. The molecule has 1 N–H and O–H groups in total. The van der Waals surface area contributed by atoms with E-state index in [4.69, 9.17) is 0 Å². The van der Waals surface area contributed by atoms with Crippen LogP contribution >= 0.6 is 0 Å². The van der Waals surface area contributed by atoms with E-state index in [1.165, 1.54) is 24.8 Å². The van der Waals surface area contributed by atoms with Gasteiger partial charge in [0.1, 0.15) is 5.75 Å². The molecule has 88 valence electrons. The van der Waals surface area contributed by atoms with Gasteiger partial charge in [0.05, 0.1) is 0 Å². The van der Waals surface area contributed by atoms with Crippen LogP contribution in [0.4, 0.5) is 0 Å². The van der Waals surface area contributed by atoms with E-state index in [2.05, 4.69) is 24.3 Å². The number of rotatable bonds is 1. The lowest BCUT2D eigenvalue weighted by molar-refractivity contribution is 0.257. The number of fused-ring (bicyclic) bond motifs is 5. The second-order valence-electron chi connectivity index (χ2n) is 6.00. The summed E-state index contributed by atoms with van der Waals surface area (Å²) in [6, 6.07) is 7.91. The van der Waals surface area contributed by atoms with E-state index in [0.29, 0.717) is 5.75 Å². The highest BCUT2D eigenvalue weighted by Gasteiger charge is 2.52. The molecule has 1 aromatic rings. The first-order valence-electron chi connectivity index (χ1n) is 6.78. The summed E-state index contributed by atoms with van der Waals surface area (Å²) in [5, 5.41) is 9.37. The lowest BCUT2D eigenvalue weighted by Gasteiger charge is -2.31. The Morgan fingerprint density at radius 3 is 2.65 bits per heavy atom. The number of aromatic hydroxyl groups is 1. The normalized spacial score (nSPS) is 42.0. The number of allylic oxidation sites excluding steroid dienone is 2. The number of phenolic OH excluding ortho intramolecular Hbond substituents is 1. The Labute approximate surface area is 102 Å². The van der Waals surface area contributed by atoms with Crippen LogP contribution in [0.1, 0.15) is 30.7 Å². The minimum absolute atomic E-state index is 0.385. The molecule has 0 aliphatic heterocycles. The van der Waals surface area contributed by atoms with Gasteiger partial charge in [-0.25, -0.2) is 0 Å². The van der Waals surface area contributed by atoms with E-state index < -0.39 is 0 Å². The minimum Gasteiger partial charge on any atom is -0.508 e. The number of benzene rings is 1. The summed E-state index contributed by atoms with van der Waals surface area (Å²) in [7, 11) is 0. The van der Waals surface area contributed by atoms with Gasteiger partial charge in [-0.2, -0.15) is 0 Å². The lowest BCUT2D eigenvalue weighted by Crippen LogP contribution is -2.23. The Bertz CT molecular complexity index is 459. The van der Waals surface area contributed by atoms with Crippen molar-refractivity contribution in [1.82, 2.24) is 0 Å². The summed E-state index contributed by atoms with van der Waals surface area (Å²) >= 11 is 0. The molecule has 0 saturated heterocycles. The Hall–Kier alpha value is -1.24. The average molecular weight is 226 g/mol. The number of hydrogen-bond acceptors (Lipinski definition) is 1. The fourth-order valence-corrected chi connectivity index (χ4v) is 4.65. The zero-order valence-corrected chi connectivity index (χ0v) is 9.92. The van der Waals surface area contributed by atoms with Gasteiger partial charge in [0, 0.05) is 0 Å². The summed E-state index contributed by atoms with van der Waals surface area (Å²) < 4.78 is 0. The van der Waals surface area contributed by atoms with Crippen molar-refractivity contribution in [2.45, 2.75) is 25.2 Å². The van der Waals surface area contributed by atoms with Gasteiger partial charge in [0.2, 0.25) is 0 Å². The first kappa shape index (κ1) is 9.76. The molecule has 5 atom stereocenters. The molecular formula is C16H18O. The molecule has 2 saturated carbocycles. The van der Waals surface area contributed by atoms with Gasteiger partial charge in [-0.1, -0.05) is 24.3 Å². The second kappa shape index (κ2) is 3.38. The van der Waals surface area contributed by atoms with Crippen molar-refractivity contribution in [3.05, 3.63) is 42.0 Å². The summed E-state index contributed by atoms with van der Waals surface area (Å²) in [5.41, 5.74) is 1.44. The van der Waals surface area contributed by atoms with Crippen LogP contribution in [0.3, 0.4) is 0 Å². The quantitative estimate of drug-likeness (QED) is 0.724. The Morgan fingerprint density at radius 2 is 1.82 bits per heavy atom. The van der Waals surface area contributed by atoms with Crippen LogP contribution in [0, 0.1) is 23.7 Å². The van der Waals surface area contributed by atoms with Gasteiger partial charge in [0.25, 0.3) is 0 Å². The van der Waals surface area contributed by atoms with Crippen LogP contribution in [0.2, 0.25) is 0 Å². The van der Waals surface area contributed by atoms with Gasteiger partial charge in [-0.15, -0.1) is 0 Å². The van der Waals surface area contributed by atoms with Crippen LogP contribution in [-0.2, 0) is 0 Å². The Morgan fingerprint density at radius 1 is 1.00 bits per heavy atom. The maximum atomic E-state index is 9.37. The minimum atomic E-state index is 0.385. The van der Waals surface area contributed by atoms with Gasteiger partial charge in [-0.05, 0) is 66.5 Å². The molecule has 0 radical (unpaired) electrons. The van der Waals surface area contributed by atoms with E-state index in [1.807, 2.05) is 12.1 Å². The second-order valence-corrected chi connectivity index (χ2v) is 6.00. The highest BCUT2D eigenvalue weighted by Crippen LogP contribution is 2.61. The monoisotopic (exact) mass is 226 g/mol. The molecule has 3 aliphatic carbocycles. The first-order chi connectivity index (χ1) is 8.33. The van der Waals surface area contributed by atoms with Gasteiger partial charge < -0.3 is 5.11 Å². The smallest absolute Gasteiger partial charge is 0.115 e. The van der Waals surface area contributed by atoms with Crippen molar-refractivity contribution >= 4 is 0 Å². The van der Waals surface area contributed by atoms with E-state index in [1.54, 1.807) is 0 Å². The summed E-state index contributed by atoms with van der Waals surface area (Å²) in [6.45, 7) is 0. The van der Waals surface area contributed by atoms with E-state index in [0.717, 1.165) is 29.6 Å². The molecule has 0 heterocycles. The molecule has 0 amide bonds. The fourth-order valence-electron chi connectivity index (χ4n) is 4.65. The maximum Gasteiger partial charge on any atom is 0.115 e. The molecule has 1 heteroatoms. The third-order valence-corrected chi connectivity index (χ3v) is 5.33. The van der Waals surface area contributed by atoms with E-state index >= 15 is 0 Å². The van der Waals surface area contributed by atoms with Crippen LogP contribution in [0.5, 0.6) is 5.75 Å². The maximum absolute atomic E-state index is 9.37. The molecule has 0 aromatic heterocycles. The molecule has 0 spiro atoms. The summed E-state index contributed by atoms with van der Waals surface area (Å²) in [6.07, 6.45) is 9.01. The fraction of sp³-hybridized carbons (Fsp3) is 0.500. The zero-order valence-electron chi connectivity index (χ0n) is 9.92. The molecule has 2 fully saturated rings. The molecule has 3 aliphatic rings. The van der Waals surface area contributed by atoms with Crippen LogP contribution < -0.4 is 0 Å². The van der Waals surface area contributed by atoms with Gasteiger partial charge in [0.15, 0.2) is 0 Å². The molecule has 17 heavy (non-hydrogen) atoms. The predicted octanol–water partition coefficient (Wildman–Crippen LogP) is 3.71. The first-order valence-corrected chi connectivity index (χ1v) is 6.78. The standard InChI is InChI=1S/C16H18O/c17-12-6-4-10(5-7-12)15-8-11-9-16(15)14-3-1-2-13(11)14/h1,3-7,11,13-17H,2,8-9H2/t11-,13+,14+,15+,16-/m0/s1. The Balaban J connectivity index is 1.65. The SMILES string of the molecule is Oc1ccc([C@H]2C[C@H]3C[C@H]2[C@@H]2C=CC[C@H]32)cc1. The average Bonchev–Trinajstić information content (AvgIpc) is 3.02. The highest BCUT2D eigenvalue weighted by molar-refractivity contribution is 5.31. The van der Waals surface area contributed by atoms with E-state index in [9.17, 15) is 5.11 Å². The topological polar surface area (TPSA) is 20.2 Å². The summed E-state index contributed by atoms with van der Waals surface area (Å²) in [5.74, 6) is 4.77. The van der Waals surface area contributed by atoms with E-state index in [-0.39, 0.29) is 0 Å². The number of phenols is 1. The predicted molar refractivity (Wildman–Crippen MR) is 67.8 cm³/mol. The third-order valence-electron chi connectivity index (χ3n) is 5.33. The van der Waals surface area contributed by atoms with Crippen LogP contribution in [0.15, 0.2) is 36.4 Å². The number of hydrogen-bond donors (Lipinski definition) is 1. The van der Waals surface area contributed by atoms with Crippen molar-refractivity contribution < 1.29 is 5.11 Å². The van der Waals surface area contributed by atoms with Crippen molar-refractivity contribution in [2.75, 3.05) is 0 Å². The molecular weight excluding hydrogens is 208 g/mol. The van der Waals surface area contributed by atoms with Crippen molar-refractivity contribution in [1.29, 1.82) is 0 Å². The van der Waals surface area contributed by atoms with Crippen LogP contribution in [-0.4, -0.2) is 5.11 Å². The van der Waals surface area contributed by atoms with Gasteiger partial charge >= 0.3 is 0 Å². The molecule has 2 bridgehead atoms. The molecule has 1 aromatic carbocycles. The van der Waals surface area contributed by atoms with Crippen molar-refractivity contribution in [3.8, 4) is 5.75 Å². The largest absolute Gasteiger partial charge is 0.508 e.